The predicted octanol–water partition coefficient (Wildman–Crippen LogP) is 4.71. The molecule has 1 heterocycles. The number of hydrogen-bond donors (Lipinski definition) is 1. The monoisotopic (exact) mass is 294 g/mol. The largest absolute Gasteiger partial charge is 0.312 e. The zero-order valence-electron chi connectivity index (χ0n) is 14.1. The minimum atomic E-state index is 0.156. The molecule has 3 heteroatoms. The molecule has 0 aliphatic carbocycles. The van der Waals surface area contributed by atoms with Crippen LogP contribution >= 0.6 is 11.3 Å². The number of allylic oxidation sites excluding steroid dienone is 1. The normalized spacial score (nSPS) is 13.8. The summed E-state index contributed by atoms with van der Waals surface area (Å²) >= 11 is 1.78. The van der Waals surface area contributed by atoms with Crippen molar-refractivity contribution < 1.29 is 0 Å². The van der Waals surface area contributed by atoms with Gasteiger partial charge in [0.15, 0.2) is 0 Å². The molecule has 0 radical (unpaired) electrons. The molecule has 0 amide bonds. The fraction of sp³-hybridized carbons (Fsp3) is 0.706. The van der Waals surface area contributed by atoms with E-state index in [0.29, 0.717) is 0 Å². The third-order valence-corrected chi connectivity index (χ3v) is 3.89. The van der Waals surface area contributed by atoms with Gasteiger partial charge in [0.25, 0.3) is 0 Å². The molecule has 0 spiro atoms. The molecule has 1 aromatic rings. The Balaban J connectivity index is 2.46. The van der Waals surface area contributed by atoms with E-state index < -0.39 is 0 Å². The molecular formula is C17H30N2S. The Morgan fingerprint density at radius 2 is 1.90 bits per heavy atom. The first-order valence-electron chi connectivity index (χ1n) is 7.43. The summed E-state index contributed by atoms with van der Waals surface area (Å²) in [5, 5.41) is 6.93. The van der Waals surface area contributed by atoms with Gasteiger partial charge < -0.3 is 5.32 Å². The van der Waals surface area contributed by atoms with Crippen molar-refractivity contribution in [3.05, 3.63) is 27.7 Å². The van der Waals surface area contributed by atoms with Crippen LogP contribution in [0.1, 0.15) is 65.6 Å². The number of nitrogens with zero attached hydrogens (tertiary/aromatic N) is 1. The summed E-state index contributed by atoms with van der Waals surface area (Å²) in [6, 6.07) is 0. The van der Waals surface area contributed by atoms with Crippen molar-refractivity contribution in [3.8, 4) is 0 Å². The highest BCUT2D eigenvalue weighted by Crippen LogP contribution is 2.25. The van der Waals surface area contributed by atoms with Crippen LogP contribution in [0, 0.1) is 0 Å². The highest BCUT2D eigenvalue weighted by Gasteiger charge is 2.17. The van der Waals surface area contributed by atoms with Crippen molar-refractivity contribution in [2.75, 3.05) is 6.54 Å². The van der Waals surface area contributed by atoms with Gasteiger partial charge in [0, 0.05) is 22.8 Å². The van der Waals surface area contributed by atoms with E-state index in [2.05, 4.69) is 65.2 Å². The molecule has 0 aliphatic rings. The van der Waals surface area contributed by atoms with E-state index >= 15 is 0 Å². The number of hydrogen-bond acceptors (Lipinski definition) is 3. The molecule has 0 aromatic carbocycles. The van der Waals surface area contributed by atoms with E-state index in [1.54, 1.807) is 11.3 Å². The average Bonchev–Trinajstić information content (AvgIpc) is 2.71. The summed E-state index contributed by atoms with van der Waals surface area (Å²) in [4.78, 5) is 4.75. The third-order valence-electron chi connectivity index (χ3n) is 3.04. The van der Waals surface area contributed by atoms with Gasteiger partial charge in [-0.2, -0.15) is 0 Å². The SMILES string of the molecule is CC(=CCCNC(C)(C)C)Cc1nc(C(C)(C)C)cs1. The Kier molecular flexibility index (Phi) is 5.96. The summed E-state index contributed by atoms with van der Waals surface area (Å²) in [5.74, 6) is 0. The zero-order chi connectivity index (χ0) is 15.4. The van der Waals surface area contributed by atoms with Crippen LogP contribution in [0.25, 0.3) is 0 Å². The van der Waals surface area contributed by atoms with Gasteiger partial charge in [-0.15, -0.1) is 11.3 Å². The second-order valence-electron chi connectivity index (χ2n) is 7.57. The Labute approximate surface area is 128 Å². The number of aromatic nitrogens is 1. The molecule has 0 saturated carbocycles. The fourth-order valence-corrected chi connectivity index (χ4v) is 2.93. The molecule has 114 valence electrons. The first-order valence-corrected chi connectivity index (χ1v) is 8.31. The van der Waals surface area contributed by atoms with Gasteiger partial charge in [-0.25, -0.2) is 4.98 Å². The second kappa shape index (κ2) is 6.86. The summed E-state index contributed by atoms with van der Waals surface area (Å²) in [6.45, 7) is 16.5. The van der Waals surface area contributed by atoms with Crippen molar-refractivity contribution in [1.82, 2.24) is 10.3 Å². The fourth-order valence-electron chi connectivity index (χ4n) is 1.81. The highest BCUT2D eigenvalue weighted by molar-refractivity contribution is 7.09. The number of nitrogens with one attached hydrogen (secondary N) is 1. The van der Waals surface area contributed by atoms with E-state index in [1.165, 1.54) is 16.3 Å². The summed E-state index contributed by atoms with van der Waals surface area (Å²) in [7, 11) is 0. The Bertz CT molecular complexity index is 444. The summed E-state index contributed by atoms with van der Waals surface area (Å²) < 4.78 is 0. The lowest BCUT2D eigenvalue weighted by Crippen LogP contribution is -2.36. The molecular weight excluding hydrogens is 264 g/mol. The number of thiazole rings is 1. The standard InChI is InChI=1S/C17H30N2S/c1-13(9-8-10-18-17(5,6)7)11-15-19-14(12-20-15)16(2,3)4/h9,12,18H,8,10-11H2,1-7H3. The predicted molar refractivity (Wildman–Crippen MR) is 90.6 cm³/mol. The quantitative estimate of drug-likeness (QED) is 0.628. The van der Waals surface area contributed by atoms with Crippen LogP contribution in [0.5, 0.6) is 0 Å². The summed E-state index contributed by atoms with van der Waals surface area (Å²) in [5.41, 5.74) is 2.98. The van der Waals surface area contributed by atoms with E-state index in [0.717, 1.165) is 19.4 Å². The lowest BCUT2D eigenvalue weighted by atomic mass is 9.93. The van der Waals surface area contributed by atoms with Gasteiger partial charge in [-0.05, 0) is 40.7 Å². The van der Waals surface area contributed by atoms with Crippen LogP contribution in [0.4, 0.5) is 0 Å². The topological polar surface area (TPSA) is 24.9 Å². The number of rotatable bonds is 5. The molecule has 1 rings (SSSR count). The van der Waals surface area contributed by atoms with Crippen molar-refractivity contribution in [3.63, 3.8) is 0 Å². The summed E-state index contributed by atoms with van der Waals surface area (Å²) in [6.07, 6.45) is 4.40. The van der Waals surface area contributed by atoms with Crippen molar-refractivity contribution in [2.45, 2.75) is 72.3 Å². The zero-order valence-corrected chi connectivity index (χ0v) is 14.9. The van der Waals surface area contributed by atoms with Gasteiger partial charge in [-0.3, -0.25) is 0 Å². The first-order chi connectivity index (χ1) is 9.08. The third kappa shape index (κ3) is 6.67. The van der Waals surface area contributed by atoms with E-state index in [1.807, 2.05) is 0 Å². The van der Waals surface area contributed by atoms with Crippen molar-refractivity contribution >= 4 is 11.3 Å². The van der Waals surface area contributed by atoms with E-state index in [4.69, 9.17) is 4.98 Å². The molecule has 2 nitrogen and oxygen atoms in total. The van der Waals surface area contributed by atoms with Crippen LogP contribution < -0.4 is 5.32 Å². The molecule has 0 aliphatic heterocycles. The van der Waals surface area contributed by atoms with Gasteiger partial charge in [-0.1, -0.05) is 32.4 Å². The molecule has 20 heavy (non-hydrogen) atoms. The van der Waals surface area contributed by atoms with Crippen molar-refractivity contribution in [1.29, 1.82) is 0 Å². The van der Waals surface area contributed by atoms with E-state index in [9.17, 15) is 0 Å². The first kappa shape index (κ1) is 17.4. The Hall–Kier alpha value is -0.670. The molecule has 0 fully saturated rings. The smallest absolute Gasteiger partial charge is 0.0968 e. The second-order valence-corrected chi connectivity index (χ2v) is 8.51. The van der Waals surface area contributed by atoms with Crippen LogP contribution in [-0.2, 0) is 11.8 Å². The van der Waals surface area contributed by atoms with E-state index in [-0.39, 0.29) is 11.0 Å². The van der Waals surface area contributed by atoms with Gasteiger partial charge in [0.2, 0.25) is 0 Å². The minimum absolute atomic E-state index is 0.156. The molecule has 0 saturated heterocycles. The average molecular weight is 295 g/mol. The van der Waals surface area contributed by atoms with Gasteiger partial charge in [0.05, 0.1) is 10.7 Å². The maximum atomic E-state index is 4.75. The van der Waals surface area contributed by atoms with Gasteiger partial charge >= 0.3 is 0 Å². The molecule has 1 aromatic heterocycles. The molecule has 1 N–H and O–H groups in total. The molecule has 0 bridgehead atoms. The van der Waals surface area contributed by atoms with Crippen molar-refractivity contribution in [2.24, 2.45) is 0 Å². The van der Waals surface area contributed by atoms with Crippen LogP contribution in [0.2, 0.25) is 0 Å². The maximum Gasteiger partial charge on any atom is 0.0968 e. The molecule has 0 unspecified atom stereocenters. The Morgan fingerprint density at radius 3 is 2.40 bits per heavy atom. The van der Waals surface area contributed by atoms with Crippen LogP contribution in [0.3, 0.4) is 0 Å². The lowest BCUT2D eigenvalue weighted by molar-refractivity contribution is 0.431. The molecule has 0 atom stereocenters. The van der Waals surface area contributed by atoms with Crippen LogP contribution in [-0.4, -0.2) is 17.1 Å². The Morgan fingerprint density at radius 1 is 1.25 bits per heavy atom. The van der Waals surface area contributed by atoms with Crippen LogP contribution in [0.15, 0.2) is 17.0 Å². The van der Waals surface area contributed by atoms with Gasteiger partial charge in [0.1, 0.15) is 0 Å². The highest BCUT2D eigenvalue weighted by atomic mass is 32.1. The lowest BCUT2D eigenvalue weighted by Gasteiger charge is -2.19. The minimum Gasteiger partial charge on any atom is -0.312 e. The maximum absolute atomic E-state index is 4.75.